The van der Waals surface area contributed by atoms with Crippen molar-refractivity contribution in [1.82, 2.24) is 0 Å². The maximum atomic E-state index is 13.4. The first kappa shape index (κ1) is 8.66. The fourth-order valence-electron chi connectivity index (χ4n) is 1.74. The van der Waals surface area contributed by atoms with Crippen LogP contribution in [-0.2, 0) is 11.2 Å². The minimum absolute atomic E-state index is 0.201. The van der Waals surface area contributed by atoms with E-state index < -0.39 is 0 Å². The van der Waals surface area contributed by atoms with Gasteiger partial charge in [-0.2, -0.15) is 0 Å². The molecule has 1 unspecified atom stereocenters. The summed E-state index contributed by atoms with van der Waals surface area (Å²) in [6.45, 7) is 0.978. The first-order valence-electron chi connectivity index (χ1n) is 4.42. The highest BCUT2D eigenvalue weighted by Gasteiger charge is 2.22. The highest BCUT2D eigenvalue weighted by atomic mass is 19.1. The van der Waals surface area contributed by atoms with Crippen molar-refractivity contribution in [2.75, 3.05) is 13.2 Å². The Kier molecular flexibility index (Phi) is 2.29. The number of ether oxygens (including phenoxy) is 1. The molecule has 13 heavy (non-hydrogen) atoms. The van der Waals surface area contributed by atoms with Crippen molar-refractivity contribution < 1.29 is 9.13 Å². The van der Waals surface area contributed by atoms with Crippen molar-refractivity contribution in [3.63, 3.8) is 0 Å². The maximum absolute atomic E-state index is 13.4. The van der Waals surface area contributed by atoms with Crippen molar-refractivity contribution in [1.29, 1.82) is 0 Å². The third-order valence-corrected chi connectivity index (χ3v) is 2.37. The molecule has 0 bridgehead atoms. The number of nitrogens with two attached hydrogens (primary N) is 1. The predicted octanol–water partition coefficient (Wildman–Crippen LogP) is 1.40. The molecule has 0 amide bonds. The number of halogens is 1. The van der Waals surface area contributed by atoms with Crippen LogP contribution in [0.25, 0.3) is 0 Å². The second-order valence-corrected chi connectivity index (χ2v) is 3.16. The van der Waals surface area contributed by atoms with E-state index in [-0.39, 0.29) is 11.9 Å². The van der Waals surface area contributed by atoms with E-state index in [1.807, 2.05) is 6.07 Å². The second kappa shape index (κ2) is 3.44. The summed E-state index contributed by atoms with van der Waals surface area (Å²) >= 11 is 0. The summed E-state index contributed by atoms with van der Waals surface area (Å²) in [5, 5.41) is 0. The van der Waals surface area contributed by atoms with Crippen LogP contribution in [0.1, 0.15) is 17.2 Å². The topological polar surface area (TPSA) is 35.2 Å². The van der Waals surface area contributed by atoms with Crippen LogP contribution in [0, 0.1) is 5.82 Å². The monoisotopic (exact) mass is 181 g/mol. The Balaban J connectivity index is 2.47. The van der Waals surface area contributed by atoms with E-state index >= 15 is 0 Å². The van der Waals surface area contributed by atoms with Gasteiger partial charge in [0.05, 0.1) is 12.7 Å². The molecule has 2 rings (SSSR count). The SMILES string of the molecule is NCC1OCCc2cccc(F)c21. The van der Waals surface area contributed by atoms with Crippen molar-refractivity contribution >= 4 is 0 Å². The molecule has 0 saturated heterocycles. The van der Waals surface area contributed by atoms with E-state index in [0.717, 1.165) is 12.0 Å². The predicted molar refractivity (Wildman–Crippen MR) is 47.9 cm³/mol. The quantitative estimate of drug-likeness (QED) is 0.710. The molecule has 0 aromatic heterocycles. The number of benzene rings is 1. The fraction of sp³-hybridized carbons (Fsp3) is 0.400. The molecule has 70 valence electrons. The minimum Gasteiger partial charge on any atom is -0.372 e. The molecule has 0 fully saturated rings. The number of hydrogen-bond donors (Lipinski definition) is 1. The molecule has 1 aliphatic heterocycles. The molecule has 1 aromatic carbocycles. The molecule has 1 atom stereocenters. The molecule has 3 heteroatoms. The van der Waals surface area contributed by atoms with Gasteiger partial charge in [-0.05, 0) is 18.1 Å². The van der Waals surface area contributed by atoms with E-state index in [0.29, 0.717) is 18.7 Å². The zero-order valence-corrected chi connectivity index (χ0v) is 7.29. The van der Waals surface area contributed by atoms with Gasteiger partial charge in [-0.25, -0.2) is 4.39 Å². The van der Waals surface area contributed by atoms with Crippen LogP contribution < -0.4 is 5.73 Å². The summed E-state index contributed by atoms with van der Waals surface area (Å²) in [5.41, 5.74) is 7.17. The zero-order valence-electron chi connectivity index (χ0n) is 7.29. The number of fused-ring (bicyclic) bond motifs is 1. The van der Waals surface area contributed by atoms with E-state index in [2.05, 4.69) is 0 Å². The third-order valence-electron chi connectivity index (χ3n) is 2.37. The van der Waals surface area contributed by atoms with Gasteiger partial charge < -0.3 is 10.5 Å². The van der Waals surface area contributed by atoms with Crippen LogP contribution in [-0.4, -0.2) is 13.2 Å². The molecule has 0 radical (unpaired) electrons. The lowest BCUT2D eigenvalue weighted by atomic mass is 9.97. The Morgan fingerprint density at radius 3 is 3.15 bits per heavy atom. The Morgan fingerprint density at radius 1 is 1.54 bits per heavy atom. The Bertz CT molecular complexity index is 314. The van der Waals surface area contributed by atoms with Gasteiger partial charge in [0.15, 0.2) is 0 Å². The first-order valence-corrected chi connectivity index (χ1v) is 4.42. The summed E-state index contributed by atoms with van der Waals surface area (Å²) in [6.07, 6.45) is 0.522. The smallest absolute Gasteiger partial charge is 0.129 e. The number of rotatable bonds is 1. The summed E-state index contributed by atoms with van der Waals surface area (Å²) in [5.74, 6) is -0.201. The molecule has 2 N–H and O–H groups in total. The lowest BCUT2D eigenvalue weighted by Gasteiger charge is -2.25. The summed E-state index contributed by atoms with van der Waals surface area (Å²) < 4.78 is 18.7. The second-order valence-electron chi connectivity index (χ2n) is 3.16. The average molecular weight is 181 g/mol. The van der Waals surface area contributed by atoms with Crippen LogP contribution in [0.15, 0.2) is 18.2 Å². The standard InChI is InChI=1S/C10H12FNO/c11-8-3-1-2-7-4-5-13-9(6-12)10(7)8/h1-3,9H,4-6,12H2. The summed E-state index contributed by atoms with van der Waals surface area (Å²) in [4.78, 5) is 0. The van der Waals surface area contributed by atoms with Gasteiger partial charge in [0.25, 0.3) is 0 Å². The van der Waals surface area contributed by atoms with Crippen molar-refractivity contribution in [2.45, 2.75) is 12.5 Å². The zero-order chi connectivity index (χ0) is 9.26. The first-order chi connectivity index (χ1) is 6.33. The van der Waals surface area contributed by atoms with E-state index in [9.17, 15) is 4.39 Å². The molecule has 0 spiro atoms. The van der Waals surface area contributed by atoms with Gasteiger partial charge in [-0.3, -0.25) is 0 Å². The van der Waals surface area contributed by atoms with Crippen LogP contribution in [0.2, 0.25) is 0 Å². The largest absolute Gasteiger partial charge is 0.372 e. The van der Waals surface area contributed by atoms with Crippen molar-refractivity contribution in [2.24, 2.45) is 5.73 Å². The molecular weight excluding hydrogens is 169 g/mol. The molecule has 2 nitrogen and oxygen atoms in total. The van der Waals surface area contributed by atoms with Gasteiger partial charge in [-0.15, -0.1) is 0 Å². The number of hydrogen-bond acceptors (Lipinski definition) is 2. The molecule has 1 heterocycles. The molecule has 1 aliphatic rings. The van der Waals surface area contributed by atoms with Gasteiger partial charge in [0.1, 0.15) is 5.82 Å². The lowest BCUT2D eigenvalue weighted by molar-refractivity contribution is 0.0456. The van der Waals surface area contributed by atoms with Gasteiger partial charge >= 0.3 is 0 Å². The van der Waals surface area contributed by atoms with Crippen LogP contribution in [0.4, 0.5) is 4.39 Å². The fourth-order valence-corrected chi connectivity index (χ4v) is 1.74. The van der Waals surface area contributed by atoms with E-state index in [1.165, 1.54) is 6.07 Å². The molecule has 0 saturated carbocycles. The molecule has 1 aromatic rings. The Labute approximate surface area is 76.5 Å². The van der Waals surface area contributed by atoms with Crippen LogP contribution in [0.3, 0.4) is 0 Å². The third kappa shape index (κ3) is 1.45. The van der Waals surface area contributed by atoms with Gasteiger partial charge in [-0.1, -0.05) is 12.1 Å². The molecule has 0 aliphatic carbocycles. The van der Waals surface area contributed by atoms with Crippen molar-refractivity contribution in [3.05, 3.63) is 35.1 Å². The van der Waals surface area contributed by atoms with Gasteiger partial charge in [0.2, 0.25) is 0 Å². The lowest BCUT2D eigenvalue weighted by Crippen LogP contribution is -2.24. The average Bonchev–Trinajstić information content (AvgIpc) is 2.17. The normalized spacial score (nSPS) is 21.2. The highest BCUT2D eigenvalue weighted by molar-refractivity contribution is 5.32. The summed E-state index contributed by atoms with van der Waals surface area (Å²) in [7, 11) is 0. The summed E-state index contributed by atoms with van der Waals surface area (Å²) in [6, 6.07) is 5.12. The minimum atomic E-state index is -0.259. The Hall–Kier alpha value is -0.930. The molecular formula is C10H12FNO. The maximum Gasteiger partial charge on any atom is 0.129 e. The van der Waals surface area contributed by atoms with E-state index in [4.69, 9.17) is 10.5 Å². The highest BCUT2D eigenvalue weighted by Crippen LogP contribution is 2.28. The van der Waals surface area contributed by atoms with Crippen LogP contribution in [0.5, 0.6) is 0 Å². The van der Waals surface area contributed by atoms with Crippen LogP contribution >= 0.6 is 0 Å². The van der Waals surface area contributed by atoms with Crippen molar-refractivity contribution in [3.8, 4) is 0 Å². The van der Waals surface area contributed by atoms with Gasteiger partial charge in [0, 0.05) is 12.1 Å². The Morgan fingerprint density at radius 2 is 2.38 bits per heavy atom. The van der Waals surface area contributed by atoms with E-state index in [1.54, 1.807) is 6.07 Å².